The lowest BCUT2D eigenvalue weighted by molar-refractivity contribution is 0.112. The molecule has 2 aromatic heterocycles. The Morgan fingerprint density at radius 1 is 1.35 bits per heavy atom. The van der Waals surface area contributed by atoms with Gasteiger partial charge in [-0.05, 0) is 18.2 Å². The van der Waals surface area contributed by atoms with E-state index in [0.29, 0.717) is 16.8 Å². The third-order valence-electron chi connectivity index (χ3n) is 2.68. The van der Waals surface area contributed by atoms with Gasteiger partial charge < -0.3 is 0 Å². The number of nitrogens with zero attached hydrogens (tertiary/aromatic N) is 3. The minimum atomic E-state index is 0.408. The standard InChI is InChI=1S/C13H7N3O/c14-6-10-5-9(8-17)7-16-12-4-2-1-3-11(12)15-13(10)16/h1-5,7-8H. The second kappa shape index (κ2) is 3.42. The fourth-order valence-corrected chi connectivity index (χ4v) is 1.93. The lowest BCUT2D eigenvalue weighted by atomic mass is 10.2. The van der Waals surface area contributed by atoms with Gasteiger partial charge in [0.15, 0.2) is 11.9 Å². The van der Waals surface area contributed by atoms with Gasteiger partial charge in [-0.25, -0.2) is 4.98 Å². The van der Waals surface area contributed by atoms with Crippen LogP contribution >= 0.6 is 0 Å². The number of aromatic nitrogens is 2. The Morgan fingerprint density at radius 3 is 2.94 bits per heavy atom. The van der Waals surface area contributed by atoms with Crippen LogP contribution in [0.1, 0.15) is 15.9 Å². The maximum absolute atomic E-state index is 10.8. The Bertz CT molecular complexity index is 780. The van der Waals surface area contributed by atoms with E-state index >= 15 is 0 Å². The number of imidazole rings is 1. The molecule has 80 valence electrons. The van der Waals surface area contributed by atoms with Crippen LogP contribution < -0.4 is 0 Å². The van der Waals surface area contributed by atoms with E-state index in [1.165, 1.54) is 0 Å². The first-order valence-electron chi connectivity index (χ1n) is 5.09. The normalized spacial score (nSPS) is 10.5. The van der Waals surface area contributed by atoms with Gasteiger partial charge in [0.05, 0.1) is 16.6 Å². The number of para-hydroxylation sites is 2. The molecule has 2 heterocycles. The van der Waals surface area contributed by atoms with Gasteiger partial charge >= 0.3 is 0 Å². The molecule has 0 atom stereocenters. The molecule has 0 bridgehead atoms. The predicted octanol–water partition coefficient (Wildman–Crippen LogP) is 2.17. The van der Waals surface area contributed by atoms with Crippen molar-refractivity contribution in [3.63, 3.8) is 0 Å². The number of pyridine rings is 1. The SMILES string of the molecule is N#Cc1cc(C=O)cn2c1nc1ccccc12. The Balaban J connectivity index is 2.57. The Labute approximate surface area is 96.7 Å². The van der Waals surface area contributed by atoms with Gasteiger partial charge in [-0.15, -0.1) is 0 Å². The lowest BCUT2D eigenvalue weighted by Gasteiger charge is -1.98. The second-order valence-corrected chi connectivity index (χ2v) is 3.71. The summed E-state index contributed by atoms with van der Waals surface area (Å²) >= 11 is 0. The number of aldehydes is 1. The van der Waals surface area contributed by atoms with Crippen molar-refractivity contribution >= 4 is 23.0 Å². The highest BCUT2D eigenvalue weighted by molar-refractivity contribution is 5.85. The highest BCUT2D eigenvalue weighted by Crippen LogP contribution is 2.19. The Kier molecular flexibility index (Phi) is 1.92. The number of carbonyl (C=O) groups is 1. The van der Waals surface area contributed by atoms with Crippen molar-refractivity contribution in [1.82, 2.24) is 9.38 Å². The van der Waals surface area contributed by atoms with Crippen molar-refractivity contribution in [2.45, 2.75) is 0 Å². The quantitative estimate of drug-likeness (QED) is 0.592. The van der Waals surface area contributed by atoms with Gasteiger partial charge in [0.1, 0.15) is 6.07 Å². The summed E-state index contributed by atoms with van der Waals surface area (Å²) in [6, 6.07) is 11.2. The van der Waals surface area contributed by atoms with Crippen LogP contribution in [0.2, 0.25) is 0 Å². The van der Waals surface area contributed by atoms with Gasteiger partial charge in [0, 0.05) is 11.8 Å². The van der Waals surface area contributed by atoms with E-state index in [9.17, 15) is 4.79 Å². The number of hydrogen-bond acceptors (Lipinski definition) is 3. The molecule has 0 fully saturated rings. The minimum Gasteiger partial charge on any atom is -0.298 e. The summed E-state index contributed by atoms with van der Waals surface area (Å²) in [5, 5.41) is 9.06. The number of carbonyl (C=O) groups excluding carboxylic acids is 1. The highest BCUT2D eigenvalue weighted by atomic mass is 16.1. The smallest absolute Gasteiger partial charge is 0.155 e. The third-order valence-corrected chi connectivity index (χ3v) is 2.68. The monoisotopic (exact) mass is 221 g/mol. The topological polar surface area (TPSA) is 58.2 Å². The summed E-state index contributed by atoms with van der Waals surface area (Å²) in [6.07, 6.45) is 2.42. The van der Waals surface area contributed by atoms with Crippen LogP contribution in [-0.2, 0) is 0 Å². The molecule has 3 rings (SSSR count). The summed E-state index contributed by atoms with van der Waals surface area (Å²) in [5.41, 5.74) is 3.16. The summed E-state index contributed by atoms with van der Waals surface area (Å²) in [4.78, 5) is 15.2. The van der Waals surface area contributed by atoms with Gasteiger partial charge in [0.2, 0.25) is 0 Å². The molecule has 3 aromatic rings. The molecule has 0 aliphatic carbocycles. The largest absolute Gasteiger partial charge is 0.298 e. The average molecular weight is 221 g/mol. The average Bonchev–Trinajstić information content (AvgIpc) is 2.76. The van der Waals surface area contributed by atoms with Crippen LogP contribution in [0.3, 0.4) is 0 Å². The number of nitriles is 1. The molecule has 0 N–H and O–H groups in total. The molecule has 0 saturated heterocycles. The predicted molar refractivity (Wildman–Crippen MR) is 62.8 cm³/mol. The van der Waals surface area contributed by atoms with Gasteiger partial charge in [0.25, 0.3) is 0 Å². The van der Waals surface area contributed by atoms with Crippen molar-refractivity contribution in [1.29, 1.82) is 5.26 Å². The molecule has 0 aliphatic heterocycles. The van der Waals surface area contributed by atoms with Gasteiger partial charge in [-0.2, -0.15) is 5.26 Å². The fourth-order valence-electron chi connectivity index (χ4n) is 1.93. The number of rotatable bonds is 1. The molecular weight excluding hydrogens is 214 g/mol. The summed E-state index contributed by atoms with van der Waals surface area (Å²) in [7, 11) is 0. The van der Waals surface area contributed by atoms with E-state index < -0.39 is 0 Å². The molecule has 1 aromatic carbocycles. The first-order valence-corrected chi connectivity index (χ1v) is 5.09. The highest BCUT2D eigenvalue weighted by Gasteiger charge is 2.09. The fraction of sp³-hybridized carbons (Fsp3) is 0. The van der Waals surface area contributed by atoms with Crippen molar-refractivity contribution in [3.8, 4) is 6.07 Å². The van der Waals surface area contributed by atoms with E-state index in [1.54, 1.807) is 16.7 Å². The first kappa shape index (κ1) is 9.55. The minimum absolute atomic E-state index is 0.408. The van der Waals surface area contributed by atoms with E-state index in [1.807, 2.05) is 24.3 Å². The van der Waals surface area contributed by atoms with Crippen LogP contribution in [0.15, 0.2) is 36.5 Å². The molecule has 0 unspecified atom stereocenters. The van der Waals surface area contributed by atoms with Gasteiger partial charge in [-0.3, -0.25) is 9.20 Å². The molecule has 0 spiro atoms. The molecule has 17 heavy (non-hydrogen) atoms. The molecule has 0 amide bonds. The molecular formula is C13H7N3O. The maximum Gasteiger partial charge on any atom is 0.155 e. The van der Waals surface area contributed by atoms with Crippen LogP contribution in [0.4, 0.5) is 0 Å². The zero-order chi connectivity index (χ0) is 11.8. The van der Waals surface area contributed by atoms with Crippen molar-refractivity contribution in [2.75, 3.05) is 0 Å². The first-order chi connectivity index (χ1) is 8.33. The zero-order valence-corrected chi connectivity index (χ0v) is 8.79. The summed E-state index contributed by atoms with van der Waals surface area (Å²) in [5.74, 6) is 0. The molecule has 4 heteroatoms. The Morgan fingerprint density at radius 2 is 2.18 bits per heavy atom. The summed E-state index contributed by atoms with van der Waals surface area (Å²) < 4.78 is 1.78. The molecule has 0 aliphatic rings. The maximum atomic E-state index is 10.8. The van der Waals surface area contributed by atoms with E-state index in [4.69, 9.17) is 5.26 Å². The number of benzene rings is 1. The van der Waals surface area contributed by atoms with Crippen molar-refractivity contribution < 1.29 is 4.79 Å². The van der Waals surface area contributed by atoms with Crippen LogP contribution in [0.5, 0.6) is 0 Å². The Hall–Kier alpha value is -2.67. The molecule has 0 saturated carbocycles. The third kappa shape index (κ3) is 1.30. The van der Waals surface area contributed by atoms with Crippen molar-refractivity contribution in [3.05, 3.63) is 47.7 Å². The molecule has 0 radical (unpaired) electrons. The van der Waals surface area contributed by atoms with E-state index in [0.717, 1.165) is 17.3 Å². The second-order valence-electron chi connectivity index (χ2n) is 3.71. The zero-order valence-electron chi connectivity index (χ0n) is 8.79. The van der Waals surface area contributed by atoms with Crippen LogP contribution in [0.25, 0.3) is 16.7 Å². The van der Waals surface area contributed by atoms with E-state index in [-0.39, 0.29) is 0 Å². The van der Waals surface area contributed by atoms with Gasteiger partial charge in [-0.1, -0.05) is 12.1 Å². The summed E-state index contributed by atoms with van der Waals surface area (Å²) in [6.45, 7) is 0. The van der Waals surface area contributed by atoms with Crippen LogP contribution in [-0.4, -0.2) is 15.7 Å². The van der Waals surface area contributed by atoms with Crippen LogP contribution in [0, 0.1) is 11.3 Å². The van der Waals surface area contributed by atoms with E-state index in [2.05, 4.69) is 11.1 Å². The number of fused-ring (bicyclic) bond motifs is 3. The lowest BCUT2D eigenvalue weighted by Crippen LogP contribution is -1.92. The molecule has 4 nitrogen and oxygen atoms in total. The number of hydrogen-bond donors (Lipinski definition) is 0. The van der Waals surface area contributed by atoms with Crippen molar-refractivity contribution in [2.24, 2.45) is 0 Å².